The number of rotatable bonds is 17. The fourth-order valence-corrected chi connectivity index (χ4v) is 22.4. The van der Waals surface area contributed by atoms with Gasteiger partial charge in [-0.3, -0.25) is 0 Å². The zero-order chi connectivity index (χ0) is 25.6. The molecule has 0 saturated carbocycles. The van der Waals surface area contributed by atoms with Gasteiger partial charge in [0.2, 0.25) is 0 Å². The maximum atomic E-state index is 12.8. The van der Waals surface area contributed by atoms with Crippen molar-refractivity contribution >= 4 is 44.8 Å². The molecule has 1 N–H and O–H groups in total. The van der Waals surface area contributed by atoms with E-state index in [1.807, 2.05) is 13.2 Å². The predicted octanol–water partition coefficient (Wildman–Crippen LogP) is 8.53. The van der Waals surface area contributed by atoms with Gasteiger partial charge in [0, 0.05) is 0 Å². The Morgan fingerprint density at radius 1 is 1.00 bits per heavy atom. The summed E-state index contributed by atoms with van der Waals surface area (Å²) in [6, 6.07) is 4.29. The number of carbonyl (C=O) groups excluding carboxylic acids is 1. The molecule has 0 fully saturated rings. The van der Waals surface area contributed by atoms with Crippen molar-refractivity contribution in [1.29, 1.82) is 0 Å². The van der Waals surface area contributed by atoms with Crippen LogP contribution in [-0.4, -0.2) is 47.9 Å². The van der Waals surface area contributed by atoms with Gasteiger partial charge in [-0.15, -0.1) is 0 Å². The number of unbranched alkanes of at least 4 members (excludes halogenated alkanes) is 4. The van der Waals surface area contributed by atoms with Crippen molar-refractivity contribution in [2.75, 3.05) is 13.4 Å². The van der Waals surface area contributed by atoms with E-state index in [4.69, 9.17) is 9.84 Å². The Hall–Kier alpha value is -0.951. The summed E-state index contributed by atoms with van der Waals surface area (Å²) < 4.78 is 11.1. The van der Waals surface area contributed by atoms with Gasteiger partial charge in [-0.25, -0.2) is 0 Å². The Kier molecular flexibility index (Phi) is 15.2. The molecule has 0 saturated heterocycles. The van der Waals surface area contributed by atoms with E-state index >= 15 is 0 Å². The number of carboxylic acid groups (broad SMARTS) is 1. The molecule has 1 aromatic carbocycles. The van der Waals surface area contributed by atoms with Crippen LogP contribution in [-0.2, 0) is 4.79 Å². The predicted molar refractivity (Wildman–Crippen MR) is 150 cm³/mol. The van der Waals surface area contributed by atoms with Gasteiger partial charge in [-0.2, -0.15) is 0 Å². The van der Waals surface area contributed by atoms with E-state index in [1.54, 1.807) is 7.11 Å². The Bertz CT molecular complexity index is 797. The van der Waals surface area contributed by atoms with E-state index in [1.165, 1.54) is 72.7 Å². The first-order chi connectivity index (χ1) is 16.3. The SMILES string of the molecule is CCC[CH2][Sn]([CH2]CCC)([CH2]CCC)/[C](=C/CCCC(=O)O)c1cc(C)c(OC)c(C(=O)SC)c1. The Morgan fingerprint density at radius 3 is 2.00 bits per heavy atom. The molecular formula is C28H46O4SSn. The number of aryl methyl sites for hydroxylation is 1. The Morgan fingerprint density at radius 2 is 1.56 bits per heavy atom. The molecule has 0 spiro atoms. The minimum absolute atomic E-state index is 0.0310. The second-order valence-corrected chi connectivity index (χ2v) is 23.3. The van der Waals surface area contributed by atoms with Crippen molar-refractivity contribution in [1.82, 2.24) is 0 Å². The zero-order valence-corrected chi connectivity index (χ0v) is 26.0. The monoisotopic (exact) mass is 598 g/mol. The molecule has 192 valence electrons. The molecule has 1 rings (SSSR count). The summed E-state index contributed by atoms with van der Waals surface area (Å²) in [6.07, 6.45) is 13.2. The zero-order valence-electron chi connectivity index (χ0n) is 22.3. The van der Waals surface area contributed by atoms with Crippen molar-refractivity contribution in [2.45, 2.75) is 98.8 Å². The third kappa shape index (κ3) is 9.25. The van der Waals surface area contributed by atoms with E-state index in [2.05, 4.69) is 39.0 Å². The fourth-order valence-electron chi connectivity index (χ4n) is 4.93. The van der Waals surface area contributed by atoms with Crippen molar-refractivity contribution < 1.29 is 19.4 Å². The molecule has 0 aromatic heterocycles. The van der Waals surface area contributed by atoms with Crippen LogP contribution in [0.5, 0.6) is 5.75 Å². The molecule has 0 amide bonds. The molecule has 34 heavy (non-hydrogen) atoms. The summed E-state index contributed by atoms with van der Waals surface area (Å²) in [6.45, 7) is 8.86. The van der Waals surface area contributed by atoms with E-state index in [-0.39, 0.29) is 11.5 Å². The van der Waals surface area contributed by atoms with Crippen molar-refractivity contribution in [2.24, 2.45) is 0 Å². The number of ether oxygens (including phenoxy) is 1. The summed E-state index contributed by atoms with van der Waals surface area (Å²) in [4.78, 5) is 24.0. The summed E-state index contributed by atoms with van der Waals surface area (Å²) in [5.41, 5.74) is 2.84. The number of carbonyl (C=O) groups is 2. The number of hydrogen-bond donors (Lipinski definition) is 1. The molecule has 0 heterocycles. The van der Waals surface area contributed by atoms with Gasteiger partial charge in [-0.05, 0) is 0 Å². The molecule has 0 radical (unpaired) electrons. The number of methoxy groups -OCH3 is 1. The Labute approximate surface area is 216 Å². The van der Waals surface area contributed by atoms with Gasteiger partial charge in [0.15, 0.2) is 0 Å². The second-order valence-electron chi connectivity index (χ2n) is 9.36. The van der Waals surface area contributed by atoms with Crippen LogP contribution in [0.15, 0.2) is 18.2 Å². The van der Waals surface area contributed by atoms with Crippen LogP contribution in [0, 0.1) is 6.92 Å². The van der Waals surface area contributed by atoms with E-state index < -0.39 is 24.3 Å². The molecule has 0 bridgehead atoms. The summed E-state index contributed by atoms with van der Waals surface area (Å²) in [5, 5.41) is 9.19. The molecule has 0 atom stereocenters. The number of carboxylic acids is 1. The van der Waals surface area contributed by atoms with E-state index in [0.29, 0.717) is 17.7 Å². The van der Waals surface area contributed by atoms with Crippen molar-refractivity contribution in [3.8, 4) is 5.75 Å². The van der Waals surface area contributed by atoms with Crippen LogP contribution in [0.2, 0.25) is 13.3 Å². The van der Waals surface area contributed by atoms with Gasteiger partial charge in [0.25, 0.3) is 0 Å². The van der Waals surface area contributed by atoms with Crippen molar-refractivity contribution in [3.63, 3.8) is 0 Å². The van der Waals surface area contributed by atoms with Gasteiger partial charge < -0.3 is 0 Å². The molecule has 4 nitrogen and oxygen atoms in total. The second kappa shape index (κ2) is 16.7. The Balaban J connectivity index is 3.75. The van der Waals surface area contributed by atoms with Crippen LogP contribution in [0.3, 0.4) is 0 Å². The summed E-state index contributed by atoms with van der Waals surface area (Å²) in [7, 11) is 1.63. The quantitative estimate of drug-likeness (QED) is 0.144. The van der Waals surface area contributed by atoms with Crippen molar-refractivity contribution in [3.05, 3.63) is 34.9 Å². The standard InChI is InChI=1S/C16H19O4S.3C4H9.Sn/c1-11-9-12(7-5-4-6-8-14(17)18)10-13(15(11)20-2)16(19)21-3;3*1-3-4-2;/h5,9-10H,4,6,8H2,1-3H3,(H,17,18);3*1,3-4H2,2H3;. The average molecular weight is 597 g/mol. The van der Waals surface area contributed by atoms with Gasteiger partial charge >= 0.3 is 217 Å². The molecular weight excluding hydrogens is 551 g/mol. The van der Waals surface area contributed by atoms with Crippen LogP contribution < -0.4 is 4.74 Å². The number of thioether (sulfide) groups is 1. The molecule has 0 aliphatic heterocycles. The van der Waals surface area contributed by atoms with Crippen LogP contribution >= 0.6 is 11.8 Å². The molecule has 0 unspecified atom stereocenters. The number of aliphatic carboxylic acids is 1. The van der Waals surface area contributed by atoms with Gasteiger partial charge in [0.05, 0.1) is 0 Å². The number of allylic oxidation sites excluding steroid dienone is 1. The fraction of sp³-hybridized carbons (Fsp3) is 0.643. The van der Waals surface area contributed by atoms with Gasteiger partial charge in [-0.1, -0.05) is 0 Å². The van der Waals surface area contributed by atoms with E-state index in [0.717, 1.165) is 12.0 Å². The normalized spacial score (nSPS) is 12.1. The third-order valence-corrected chi connectivity index (χ3v) is 23.2. The summed E-state index contributed by atoms with van der Waals surface area (Å²) in [5.74, 6) is -0.0642. The molecule has 1 aromatic rings. The van der Waals surface area contributed by atoms with E-state index in [9.17, 15) is 9.59 Å². The molecule has 0 aliphatic rings. The first-order valence-corrected chi connectivity index (χ1v) is 21.7. The average Bonchev–Trinajstić information content (AvgIpc) is 2.83. The van der Waals surface area contributed by atoms with Crippen LogP contribution in [0.4, 0.5) is 0 Å². The minimum atomic E-state index is -2.84. The topological polar surface area (TPSA) is 63.6 Å². The number of hydrogen-bond acceptors (Lipinski definition) is 4. The van der Waals surface area contributed by atoms with Crippen LogP contribution in [0.25, 0.3) is 3.59 Å². The van der Waals surface area contributed by atoms with Gasteiger partial charge in [0.1, 0.15) is 0 Å². The maximum absolute atomic E-state index is 12.8. The first-order valence-electron chi connectivity index (χ1n) is 13.0. The molecule has 0 aliphatic carbocycles. The summed E-state index contributed by atoms with van der Waals surface area (Å²) >= 11 is -1.62. The first kappa shape index (κ1) is 31.1. The number of benzene rings is 1. The molecule has 6 heteroatoms. The van der Waals surface area contributed by atoms with Crippen LogP contribution in [0.1, 0.15) is 100 Å². The third-order valence-electron chi connectivity index (χ3n) is 6.74.